The van der Waals surface area contributed by atoms with Crippen molar-refractivity contribution in [1.29, 1.82) is 0 Å². The Labute approximate surface area is 102 Å². The number of halogens is 1. The van der Waals surface area contributed by atoms with Gasteiger partial charge in [-0.1, -0.05) is 0 Å². The fourth-order valence-corrected chi connectivity index (χ4v) is 1.67. The van der Waals surface area contributed by atoms with E-state index in [4.69, 9.17) is 15.6 Å². The van der Waals surface area contributed by atoms with Gasteiger partial charge in [0.1, 0.15) is 5.60 Å². The number of hydrogen-bond donors (Lipinski definition) is 2. The number of nitrogens with two attached hydrogens (primary N) is 1. The number of aliphatic hydroxyl groups is 1. The SMILES string of the molecule is CC(C)(C)OC(=O)N1C[C@H](N)C[C@H]1CO.Cl. The lowest BCUT2D eigenvalue weighted by Crippen LogP contribution is -2.41. The average Bonchev–Trinajstić information content (AvgIpc) is 2.43. The van der Waals surface area contributed by atoms with Gasteiger partial charge in [0.2, 0.25) is 0 Å². The summed E-state index contributed by atoms with van der Waals surface area (Å²) in [7, 11) is 0. The number of nitrogens with zero attached hydrogens (tertiary/aromatic N) is 1. The van der Waals surface area contributed by atoms with Crippen molar-refractivity contribution in [2.24, 2.45) is 5.73 Å². The summed E-state index contributed by atoms with van der Waals surface area (Å²) in [5.41, 5.74) is 5.22. The van der Waals surface area contributed by atoms with E-state index < -0.39 is 11.7 Å². The first-order valence-corrected chi connectivity index (χ1v) is 5.19. The summed E-state index contributed by atoms with van der Waals surface area (Å²) in [6.45, 7) is 5.84. The van der Waals surface area contributed by atoms with E-state index in [9.17, 15) is 4.79 Å². The minimum absolute atomic E-state index is 0. The highest BCUT2D eigenvalue weighted by atomic mass is 35.5. The van der Waals surface area contributed by atoms with E-state index in [1.165, 1.54) is 4.90 Å². The van der Waals surface area contributed by atoms with Crippen molar-refractivity contribution in [3.8, 4) is 0 Å². The molecule has 5 nitrogen and oxygen atoms in total. The smallest absolute Gasteiger partial charge is 0.410 e. The molecule has 1 saturated heterocycles. The number of carbonyl (C=O) groups is 1. The summed E-state index contributed by atoms with van der Waals surface area (Å²) in [5, 5.41) is 9.10. The van der Waals surface area contributed by atoms with Crippen molar-refractivity contribution in [2.75, 3.05) is 13.2 Å². The number of hydrogen-bond acceptors (Lipinski definition) is 4. The van der Waals surface area contributed by atoms with E-state index in [2.05, 4.69) is 0 Å². The van der Waals surface area contributed by atoms with E-state index in [-0.39, 0.29) is 31.1 Å². The summed E-state index contributed by atoms with van der Waals surface area (Å²) < 4.78 is 5.22. The molecule has 1 aliphatic heterocycles. The van der Waals surface area contributed by atoms with Crippen molar-refractivity contribution in [3.05, 3.63) is 0 Å². The molecule has 0 aliphatic carbocycles. The first-order valence-electron chi connectivity index (χ1n) is 5.19. The molecule has 3 N–H and O–H groups in total. The molecule has 1 aliphatic rings. The van der Waals surface area contributed by atoms with Gasteiger partial charge in [0.05, 0.1) is 12.6 Å². The third kappa shape index (κ3) is 4.15. The van der Waals surface area contributed by atoms with E-state index in [0.717, 1.165) is 0 Å². The van der Waals surface area contributed by atoms with E-state index >= 15 is 0 Å². The third-order valence-corrected chi connectivity index (χ3v) is 2.29. The van der Waals surface area contributed by atoms with Crippen LogP contribution in [0.3, 0.4) is 0 Å². The van der Waals surface area contributed by atoms with Crippen LogP contribution in [0.1, 0.15) is 27.2 Å². The average molecular weight is 253 g/mol. The van der Waals surface area contributed by atoms with E-state index in [0.29, 0.717) is 13.0 Å². The Morgan fingerprint density at radius 1 is 1.56 bits per heavy atom. The summed E-state index contributed by atoms with van der Waals surface area (Å²) >= 11 is 0. The molecule has 1 amide bonds. The molecule has 2 atom stereocenters. The van der Waals surface area contributed by atoms with Crippen LogP contribution in [0.25, 0.3) is 0 Å². The summed E-state index contributed by atoms with van der Waals surface area (Å²) in [6, 6.07) is -0.260. The monoisotopic (exact) mass is 252 g/mol. The molecule has 0 bridgehead atoms. The molecular weight excluding hydrogens is 232 g/mol. The highest BCUT2D eigenvalue weighted by Gasteiger charge is 2.35. The number of likely N-dealkylation sites (tertiary alicyclic amines) is 1. The molecule has 1 fully saturated rings. The Hall–Kier alpha value is -0.520. The van der Waals surface area contributed by atoms with Gasteiger partial charge in [0.15, 0.2) is 0 Å². The first-order chi connectivity index (χ1) is 6.83. The molecule has 0 unspecified atom stereocenters. The van der Waals surface area contributed by atoms with Crippen molar-refractivity contribution < 1.29 is 14.6 Å². The van der Waals surface area contributed by atoms with Gasteiger partial charge in [0, 0.05) is 12.6 Å². The second-order valence-electron chi connectivity index (χ2n) is 4.96. The Balaban J connectivity index is 0.00000225. The quantitative estimate of drug-likeness (QED) is 0.722. The van der Waals surface area contributed by atoms with Gasteiger partial charge >= 0.3 is 6.09 Å². The summed E-state index contributed by atoms with van der Waals surface area (Å²) in [5.74, 6) is 0. The molecule has 96 valence electrons. The van der Waals surface area contributed by atoms with Gasteiger partial charge in [0.25, 0.3) is 0 Å². The van der Waals surface area contributed by atoms with Crippen molar-refractivity contribution in [3.63, 3.8) is 0 Å². The van der Waals surface area contributed by atoms with Crippen LogP contribution in [0.5, 0.6) is 0 Å². The van der Waals surface area contributed by atoms with Crippen LogP contribution in [-0.2, 0) is 4.74 Å². The standard InChI is InChI=1S/C10H20N2O3.ClH/c1-10(2,3)15-9(14)12-5-7(11)4-8(12)6-13;/h7-8,13H,4-6,11H2,1-3H3;1H/t7-,8+;/m1./s1. The maximum absolute atomic E-state index is 11.7. The van der Waals surface area contributed by atoms with Crippen molar-refractivity contribution >= 4 is 18.5 Å². The van der Waals surface area contributed by atoms with Gasteiger partial charge in [-0.25, -0.2) is 4.79 Å². The van der Waals surface area contributed by atoms with Gasteiger partial charge in [-0.15, -0.1) is 12.4 Å². The van der Waals surface area contributed by atoms with Crippen molar-refractivity contribution in [1.82, 2.24) is 4.90 Å². The molecule has 1 heterocycles. The Morgan fingerprint density at radius 3 is 2.56 bits per heavy atom. The van der Waals surface area contributed by atoms with Crippen LogP contribution >= 0.6 is 12.4 Å². The summed E-state index contributed by atoms with van der Waals surface area (Å²) in [4.78, 5) is 13.2. The van der Waals surface area contributed by atoms with Crippen LogP contribution < -0.4 is 5.73 Å². The second kappa shape index (κ2) is 5.70. The fraction of sp³-hybridized carbons (Fsp3) is 0.900. The molecule has 6 heteroatoms. The first kappa shape index (κ1) is 15.5. The molecular formula is C10H21ClN2O3. The predicted octanol–water partition coefficient (Wildman–Crippen LogP) is 0.737. The van der Waals surface area contributed by atoms with Crippen molar-refractivity contribution in [2.45, 2.75) is 44.9 Å². The minimum atomic E-state index is -0.510. The van der Waals surface area contributed by atoms with Gasteiger partial charge in [-0.3, -0.25) is 0 Å². The highest BCUT2D eigenvalue weighted by Crippen LogP contribution is 2.19. The van der Waals surface area contributed by atoms with Gasteiger partial charge in [-0.2, -0.15) is 0 Å². The molecule has 0 saturated carbocycles. The van der Waals surface area contributed by atoms with Crippen LogP contribution in [0, 0.1) is 0 Å². The third-order valence-electron chi connectivity index (χ3n) is 2.29. The molecule has 0 aromatic rings. The molecule has 16 heavy (non-hydrogen) atoms. The zero-order chi connectivity index (χ0) is 11.6. The Bertz CT molecular complexity index is 243. The summed E-state index contributed by atoms with van der Waals surface area (Å²) in [6.07, 6.45) is 0.241. The van der Waals surface area contributed by atoms with Crippen LogP contribution in [0.2, 0.25) is 0 Å². The van der Waals surface area contributed by atoms with Crippen LogP contribution in [-0.4, -0.2) is 46.9 Å². The lowest BCUT2D eigenvalue weighted by atomic mass is 10.2. The zero-order valence-electron chi connectivity index (χ0n) is 9.97. The predicted molar refractivity (Wildman–Crippen MR) is 63.7 cm³/mol. The Kier molecular flexibility index (Phi) is 5.52. The highest BCUT2D eigenvalue weighted by molar-refractivity contribution is 5.85. The number of ether oxygens (including phenoxy) is 1. The molecule has 0 spiro atoms. The normalized spacial score (nSPS) is 25.2. The Morgan fingerprint density at radius 2 is 2.12 bits per heavy atom. The molecule has 0 radical (unpaired) electrons. The number of amides is 1. The van der Waals surface area contributed by atoms with E-state index in [1.807, 2.05) is 20.8 Å². The van der Waals surface area contributed by atoms with Crippen LogP contribution in [0.4, 0.5) is 4.79 Å². The molecule has 0 aromatic carbocycles. The number of rotatable bonds is 1. The maximum Gasteiger partial charge on any atom is 0.410 e. The molecule has 1 rings (SSSR count). The second-order valence-corrected chi connectivity index (χ2v) is 4.96. The van der Waals surface area contributed by atoms with E-state index in [1.54, 1.807) is 0 Å². The zero-order valence-corrected chi connectivity index (χ0v) is 10.8. The number of aliphatic hydroxyl groups excluding tert-OH is 1. The topological polar surface area (TPSA) is 75.8 Å². The lowest BCUT2D eigenvalue weighted by Gasteiger charge is -2.27. The lowest BCUT2D eigenvalue weighted by molar-refractivity contribution is 0.0175. The molecule has 0 aromatic heterocycles. The minimum Gasteiger partial charge on any atom is -0.444 e. The fourth-order valence-electron chi connectivity index (χ4n) is 1.67. The van der Waals surface area contributed by atoms with Gasteiger partial charge in [-0.05, 0) is 27.2 Å². The largest absolute Gasteiger partial charge is 0.444 e. The van der Waals surface area contributed by atoms with Gasteiger partial charge < -0.3 is 20.5 Å². The maximum atomic E-state index is 11.7. The van der Waals surface area contributed by atoms with Crippen LogP contribution in [0.15, 0.2) is 0 Å². The number of carbonyl (C=O) groups excluding carboxylic acids is 1.